The van der Waals surface area contributed by atoms with E-state index >= 15 is 0 Å². The molecule has 1 saturated heterocycles. The maximum atomic E-state index is 12.9. The van der Waals surface area contributed by atoms with Gasteiger partial charge in [0.15, 0.2) is 0 Å². The smallest absolute Gasteiger partial charge is 0.255 e. The molecule has 2 amide bonds. The number of hydrogen-bond acceptors (Lipinski definition) is 4. The van der Waals surface area contributed by atoms with Gasteiger partial charge in [-0.25, -0.2) is 0 Å². The first kappa shape index (κ1) is 23.1. The van der Waals surface area contributed by atoms with Crippen molar-refractivity contribution in [1.29, 1.82) is 0 Å². The van der Waals surface area contributed by atoms with Gasteiger partial charge in [-0.05, 0) is 67.1 Å². The van der Waals surface area contributed by atoms with Crippen LogP contribution in [-0.4, -0.2) is 37.6 Å². The average molecular weight is 470 g/mol. The van der Waals surface area contributed by atoms with Crippen molar-refractivity contribution in [3.05, 3.63) is 95.1 Å². The van der Waals surface area contributed by atoms with Gasteiger partial charge in [-0.2, -0.15) is 0 Å². The number of carbonyl (C=O) groups is 2. The molecule has 0 aliphatic carbocycles. The Labute approximate surface area is 206 Å². The molecule has 180 valence electrons. The average Bonchev–Trinajstić information content (AvgIpc) is 3.42. The fourth-order valence-corrected chi connectivity index (χ4v) is 4.85. The van der Waals surface area contributed by atoms with Gasteiger partial charge in [-0.15, -0.1) is 0 Å². The van der Waals surface area contributed by atoms with Crippen molar-refractivity contribution in [3.63, 3.8) is 0 Å². The summed E-state index contributed by atoms with van der Waals surface area (Å²) in [6.07, 6.45) is 4.33. The molecule has 3 aromatic carbocycles. The van der Waals surface area contributed by atoms with Crippen molar-refractivity contribution in [2.75, 3.05) is 29.9 Å². The van der Waals surface area contributed by atoms with Crippen molar-refractivity contribution in [3.8, 4) is 0 Å². The van der Waals surface area contributed by atoms with Crippen LogP contribution in [0.4, 0.5) is 11.4 Å². The Morgan fingerprint density at radius 3 is 2.54 bits per heavy atom. The van der Waals surface area contributed by atoms with E-state index in [4.69, 9.17) is 4.74 Å². The zero-order valence-corrected chi connectivity index (χ0v) is 19.8. The minimum atomic E-state index is -0.237. The minimum absolute atomic E-state index is 0.0673. The van der Waals surface area contributed by atoms with Gasteiger partial charge in [-0.3, -0.25) is 9.59 Å². The van der Waals surface area contributed by atoms with E-state index in [-0.39, 0.29) is 17.9 Å². The van der Waals surface area contributed by atoms with Crippen molar-refractivity contribution in [2.45, 2.75) is 38.3 Å². The molecule has 2 aliphatic heterocycles. The van der Waals surface area contributed by atoms with Crippen LogP contribution in [0.25, 0.3) is 0 Å². The van der Waals surface area contributed by atoms with Crippen LogP contribution in [0.5, 0.6) is 0 Å². The van der Waals surface area contributed by atoms with Crippen LogP contribution in [0.3, 0.4) is 0 Å². The molecule has 0 saturated carbocycles. The van der Waals surface area contributed by atoms with Gasteiger partial charge in [0.25, 0.3) is 11.8 Å². The van der Waals surface area contributed by atoms with Crippen molar-refractivity contribution < 1.29 is 14.3 Å². The molecular formula is C29H31N3O3. The van der Waals surface area contributed by atoms with Gasteiger partial charge in [0.1, 0.15) is 0 Å². The highest BCUT2D eigenvalue weighted by atomic mass is 16.5. The summed E-state index contributed by atoms with van der Waals surface area (Å²) in [5, 5.41) is 5.84. The van der Waals surface area contributed by atoms with E-state index in [2.05, 4.69) is 39.8 Å². The zero-order chi connectivity index (χ0) is 24.0. The Morgan fingerprint density at radius 2 is 1.71 bits per heavy atom. The van der Waals surface area contributed by atoms with E-state index in [1.807, 2.05) is 30.3 Å². The van der Waals surface area contributed by atoms with Gasteiger partial charge in [0, 0.05) is 37.5 Å². The molecule has 0 aromatic heterocycles. The predicted molar refractivity (Wildman–Crippen MR) is 138 cm³/mol. The molecule has 0 unspecified atom stereocenters. The number of hydrogen-bond donors (Lipinski definition) is 2. The summed E-state index contributed by atoms with van der Waals surface area (Å²) in [5.74, 6) is -0.451. The second-order valence-corrected chi connectivity index (χ2v) is 9.20. The summed E-state index contributed by atoms with van der Waals surface area (Å²) in [6.45, 7) is 3.07. The van der Waals surface area contributed by atoms with Crippen LogP contribution in [0.15, 0.2) is 72.8 Å². The Morgan fingerprint density at radius 1 is 0.914 bits per heavy atom. The summed E-state index contributed by atoms with van der Waals surface area (Å²) < 4.78 is 5.58. The van der Waals surface area contributed by atoms with Crippen LogP contribution in [-0.2, 0) is 17.7 Å². The molecule has 1 atom stereocenters. The first-order chi connectivity index (χ1) is 17.2. The van der Waals surface area contributed by atoms with Gasteiger partial charge in [0.05, 0.1) is 17.4 Å². The molecule has 2 aliphatic rings. The maximum Gasteiger partial charge on any atom is 0.255 e. The first-order valence-electron chi connectivity index (χ1n) is 12.4. The first-order valence-corrected chi connectivity index (χ1v) is 12.4. The topological polar surface area (TPSA) is 70.7 Å². The fraction of sp³-hybridized carbons (Fsp3) is 0.310. The Kier molecular flexibility index (Phi) is 7.09. The standard InChI is InChI=1S/C29H31N3O3/c33-28(31-26-11-3-2-10-25(26)29(34)30-19-24-9-6-18-35-24)23-15-13-21(14-16-23)20-32-17-5-8-22-7-1-4-12-27(22)32/h1-4,7,10-16,24H,5-6,8-9,17-20H2,(H,30,34)(H,31,33)/t24-/m1/s1. The van der Waals surface area contributed by atoms with Crippen LogP contribution in [0.1, 0.15) is 51.1 Å². The quantitative estimate of drug-likeness (QED) is 0.522. The van der Waals surface area contributed by atoms with Crippen molar-refractivity contribution in [1.82, 2.24) is 5.32 Å². The molecule has 3 aromatic rings. The summed E-state index contributed by atoms with van der Waals surface area (Å²) in [5.41, 5.74) is 5.35. The van der Waals surface area contributed by atoms with Gasteiger partial charge < -0.3 is 20.3 Å². The molecule has 6 nitrogen and oxygen atoms in total. The van der Waals surface area contributed by atoms with Gasteiger partial charge >= 0.3 is 0 Å². The summed E-state index contributed by atoms with van der Waals surface area (Å²) >= 11 is 0. The number of benzene rings is 3. The minimum Gasteiger partial charge on any atom is -0.376 e. The molecule has 2 heterocycles. The lowest BCUT2D eigenvalue weighted by Crippen LogP contribution is -2.32. The number of anilines is 2. The maximum absolute atomic E-state index is 12.9. The normalized spacial score (nSPS) is 17.0. The fourth-order valence-electron chi connectivity index (χ4n) is 4.85. The number of nitrogens with zero attached hydrogens (tertiary/aromatic N) is 1. The zero-order valence-electron chi connectivity index (χ0n) is 19.8. The van der Waals surface area contributed by atoms with Gasteiger partial charge in [-0.1, -0.05) is 42.5 Å². The molecule has 1 fully saturated rings. The monoisotopic (exact) mass is 469 g/mol. The van der Waals surface area contributed by atoms with E-state index in [9.17, 15) is 9.59 Å². The van der Waals surface area contributed by atoms with Gasteiger partial charge in [0.2, 0.25) is 0 Å². The largest absolute Gasteiger partial charge is 0.376 e. The van der Waals surface area contributed by atoms with Crippen LogP contribution in [0, 0.1) is 0 Å². The molecule has 0 spiro atoms. The third-order valence-corrected chi connectivity index (χ3v) is 6.73. The Balaban J connectivity index is 1.22. The van der Waals surface area contributed by atoms with E-state index in [0.717, 1.165) is 50.9 Å². The van der Waals surface area contributed by atoms with E-state index < -0.39 is 0 Å². The van der Waals surface area contributed by atoms with Crippen molar-refractivity contribution in [2.24, 2.45) is 0 Å². The molecule has 0 radical (unpaired) electrons. The Bertz CT molecular complexity index is 1190. The number of nitrogens with one attached hydrogen (secondary N) is 2. The molecule has 5 rings (SSSR count). The molecule has 2 N–H and O–H groups in total. The highest BCUT2D eigenvalue weighted by molar-refractivity contribution is 6.09. The number of para-hydroxylation sites is 2. The van der Waals surface area contributed by atoms with E-state index in [1.165, 1.54) is 11.3 Å². The van der Waals surface area contributed by atoms with E-state index in [0.29, 0.717) is 23.4 Å². The Hall–Kier alpha value is -3.64. The summed E-state index contributed by atoms with van der Waals surface area (Å²) in [6, 6.07) is 23.4. The lowest BCUT2D eigenvalue weighted by atomic mass is 10.0. The van der Waals surface area contributed by atoms with Crippen molar-refractivity contribution >= 4 is 23.2 Å². The molecule has 35 heavy (non-hydrogen) atoms. The highest BCUT2D eigenvalue weighted by Gasteiger charge is 2.19. The SMILES string of the molecule is O=C(Nc1ccccc1C(=O)NC[C@H]1CCCO1)c1ccc(CN2CCCc3ccccc32)cc1. The molecular weight excluding hydrogens is 438 g/mol. The summed E-state index contributed by atoms with van der Waals surface area (Å²) in [4.78, 5) is 28.1. The second-order valence-electron chi connectivity index (χ2n) is 9.20. The number of aryl methyl sites for hydroxylation is 1. The molecule has 0 bridgehead atoms. The predicted octanol–water partition coefficient (Wildman–Crippen LogP) is 4.80. The number of amides is 2. The molecule has 6 heteroatoms. The van der Waals surface area contributed by atoms with Crippen LogP contribution < -0.4 is 15.5 Å². The lowest BCUT2D eigenvalue weighted by molar-refractivity contribution is 0.0858. The van der Waals surface area contributed by atoms with Crippen LogP contribution in [0.2, 0.25) is 0 Å². The van der Waals surface area contributed by atoms with E-state index in [1.54, 1.807) is 18.2 Å². The number of rotatable bonds is 7. The lowest BCUT2D eigenvalue weighted by Gasteiger charge is -2.31. The third kappa shape index (κ3) is 5.54. The number of ether oxygens (including phenoxy) is 1. The second kappa shape index (κ2) is 10.7. The third-order valence-electron chi connectivity index (χ3n) is 6.73. The highest BCUT2D eigenvalue weighted by Crippen LogP contribution is 2.28. The van der Waals surface area contributed by atoms with Crippen LogP contribution >= 0.6 is 0 Å². The number of fused-ring (bicyclic) bond motifs is 1. The number of carbonyl (C=O) groups excluding carboxylic acids is 2. The summed E-state index contributed by atoms with van der Waals surface area (Å²) in [7, 11) is 0.